The van der Waals surface area contributed by atoms with Crippen molar-refractivity contribution in [3.05, 3.63) is 88.0 Å². The lowest BCUT2D eigenvalue weighted by molar-refractivity contribution is 0.462. The van der Waals surface area contributed by atoms with Crippen LogP contribution in [0.5, 0.6) is 0 Å². The number of benzene rings is 2. The first-order valence-electron chi connectivity index (χ1n) is 13.0. The number of pyridine rings is 2. The number of hydrogen-bond acceptors (Lipinski definition) is 7. The van der Waals surface area contributed by atoms with Gasteiger partial charge >= 0.3 is 0 Å². The van der Waals surface area contributed by atoms with Gasteiger partial charge in [-0.1, -0.05) is 66.2 Å². The minimum atomic E-state index is 0.381. The Morgan fingerprint density at radius 2 is 1.20 bits per heavy atom. The molecule has 7 nitrogen and oxygen atoms in total. The third kappa shape index (κ3) is 6.22. The number of anilines is 1. The Morgan fingerprint density at radius 1 is 0.625 bits per heavy atom. The summed E-state index contributed by atoms with van der Waals surface area (Å²) < 4.78 is 11.3. The van der Waals surface area contributed by atoms with Gasteiger partial charge in [0.1, 0.15) is 22.0 Å². The van der Waals surface area contributed by atoms with E-state index in [1.165, 1.54) is 32.1 Å². The SMILES string of the molecule is Clc1cccc(-c2nc3ccc(Cl)nc3o2)c1.Clc1cccc(-c2nc3ccc(NC4CCCCC4)nc3o2)c1. The molecule has 4 aromatic heterocycles. The first kappa shape index (κ1) is 26.6. The van der Waals surface area contributed by atoms with E-state index in [0.29, 0.717) is 50.0 Å². The minimum Gasteiger partial charge on any atom is -0.418 e. The predicted molar refractivity (Wildman–Crippen MR) is 160 cm³/mol. The van der Waals surface area contributed by atoms with Gasteiger partial charge in [0.2, 0.25) is 23.2 Å². The predicted octanol–water partition coefficient (Wildman–Crippen LogP) is 9.48. The van der Waals surface area contributed by atoms with Crippen LogP contribution >= 0.6 is 34.8 Å². The number of nitrogens with zero attached hydrogens (tertiary/aromatic N) is 4. The third-order valence-electron chi connectivity index (χ3n) is 6.58. The van der Waals surface area contributed by atoms with Crippen LogP contribution in [-0.2, 0) is 0 Å². The van der Waals surface area contributed by atoms with Crippen molar-refractivity contribution >= 4 is 63.1 Å². The van der Waals surface area contributed by atoms with Crippen LogP contribution in [0.25, 0.3) is 45.4 Å². The maximum Gasteiger partial charge on any atom is 0.249 e. The lowest BCUT2D eigenvalue weighted by atomic mass is 9.95. The molecular weight excluding hydrogens is 569 g/mol. The van der Waals surface area contributed by atoms with Crippen LogP contribution in [0, 0.1) is 0 Å². The van der Waals surface area contributed by atoms with E-state index in [1.807, 2.05) is 48.5 Å². The summed E-state index contributed by atoms with van der Waals surface area (Å²) in [5, 5.41) is 5.19. The summed E-state index contributed by atoms with van der Waals surface area (Å²) in [6.45, 7) is 0. The summed E-state index contributed by atoms with van der Waals surface area (Å²) in [5.74, 6) is 1.89. The van der Waals surface area contributed by atoms with Crippen molar-refractivity contribution in [3.63, 3.8) is 0 Å². The number of hydrogen-bond donors (Lipinski definition) is 1. The zero-order chi connectivity index (χ0) is 27.5. The summed E-state index contributed by atoms with van der Waals surface area (Å²) in [6, 6.07) is 22.7. The standard InChI is InChI=1S/C18H18ClN3O.C12H6Cl2N2O/c19-13-6-4-5-12(11-13)17-21-15-9-10-16(22-18(15)23-17)20-14-7-2-1-3-8-14;13-8-3-1-2-7(6-8)11-15-9-4-5-10(14)16-12(9)17-11/h4-6,9-11,14H,1-3,7-8H2,(H,20,22);1-6H. The number of halogens is 3. The molecule has 0 saturated heterocycles. The summed E-state index contributed by atoms with van der Waals surface area (Å²) >= 11 is 17.7. The largest absolute Gasteiger partial charge is 0.418 e. The van der Waals surface area contributed by atoms with Crippen LogP contribution in [0.3, 0.4) is 0 Å². The second kappa shape index (κ2) is 11.8. The molecule has 2 aromatic carbocycles. The van der Waals surface area contributed by atoms with Crippen molar-refractivity contribution in [2.45, 2.75) is 38.1 Å². The highest BCUT2D eigenvalue weighted by Gasteiger charge is 2.15. The molecule has 0 aliphatic heterocycles. The fourth-order valence-electron chi connectivity index (χ4n) is 4.64. The van der Waals surface area contributed by atoms with Crippen molar-refractivity contribution in [3.8, 4) is 22.9 Å². The average molecular weight is 593 g/mol. The van der Waals surface area contributed by atoms with E-state index >= 15 is 0 Å². The molecule has 0 bridgehead atoms. The van der Waals surface area contributed by atoms with Gasteiger partial charge in [-0.05, 0) is 73.5 Å². The molecule has 202 valence electrons. The first-order valence-corrected chi connectivity index (χ1v) is 14.1. The van der Waals surface area contributed by atoms with Gasteiger partial charge in [-0.25, -0.2) is 9.97 Å². The van der Waals surface area contributed by atoms with Crippen LogP contribution in [0.2, 0.25) is 15.2 Å². The molecule has 1 aliphatic carbocycles. The lowest BCUT2D eigenvalue weighted by Gasteiger charge is -2.23. The topological polar surface area (TPSA) is 89.9 Å². The fraction of sp³-hybridized carbons (Fsp3) is 0.200. The highest BCUT2D eigenvalue weighted by Crippen LogP contribution is 2.28. The molecule has 1 saturated carbocycles. The maximum absolute atomic E-state index is 6.03. The Hall–Kier alpha value is -3.65. The monoisotopic (exact) mass is 591 g/mol. The van der Waals surface area contributed by atoms with Crippen LogP contribution in [0.15, 0.2) is 81.6 Å². The summed E-state index contributed by atoms with van der Waals surface area (Å²) in [6.07, 6.45) is 6.35. The molecule has 1 aliphatic rings. The molecule has 0 spiro atoms. The van der Waals surface area contributed by atoms with Crippen LogP contribution in [0.1, 0.15) is 32.1 Å². The van der Waals surface area contributed by atoms with E-state index in [4.69, 9.17) is 43.6 Å². The summed E-state index contributed by atoms with van der Waals surface area (Å²) in [7, 11) is 0. The quantitative estimate of drug-likeness (QED) is 0.204. The Morgan fingerprint density at radius 3 is 1.80 bits per heavy atom. The Kier molecular flexibility index (Phi) is 7.86. The van der Waals surface area contributed by atoms with Gasteiger partial charge < -0.3 is 14.2 Å². The lowest BCUT2D eigenvalue weighted by Crippen LogP contribution is -2.22. The van der Waals surface area contributed by atoms with E-state index < -0.39 is 0 Å². The minimum absolute atomic E-state index is 0.381. The normalized spacial score (nSPS) is 13.8. The van der Waals surface area contributed by atoms with E-state index in [2.05, 4.69) is 25.3 Å². The summed E-state index contributed by atoms with van der Waals surface area (Å²) in [5.41, 5.74) is 4.08. The van der Waals surface area contributed by atoms with Crippen molar-refractivity contribution in [2.24, 2.45) is 0 Å². The number of aromatic nitrogens is 4. The molecule has 10 heteroatoms. The molecule has 1 N–H and O–H groups in total. The number of oxazole rings is 2. The second-order valence-corrected chi connectivity index (χ2v) is 10.8. The Bertz CT molecular complexity index is 1780. The van der Waals surface area contributed by atoms with Gasteiger partial charge in [0.05, 0.1) is 0 Å². The Balaban J connectivity index is 0.000000151. The van der Waals surface area contributed by atoms with Gasteiger partial charge in [0, 0.05) is 27.2 Å². The smallest absolute Gasteiger partial charge is 0.249 e. The molecule has 7 rings (SSSR count). The molecule has 0 amide bonds. The van der Waals surface area contributed by atoms with Crippen molar-refractivity contribution in [1.29, 1.82) is 0 Å². The van der Waals surface area contributed by atoms with Gasteiger partial charge in [0.25, 0.3) is 0 Å². The molecule has 0 radical (unpaired) electrons. The van der Waals surface area contributed by atoms with E-state index in [1.54, 1.807) is 24.3 Å². The highest BCUT2D eigenvalue weighted by molar-refractivity contribution is 6.31. The molecule has 40 heavy (non-hydrogen) atoms. The van der Waals surface area contributed by atoms with Crippen molar-refractivity contribution < 1.29 is 8.83 Å². The maximum atomic E-state index is 6.03. The summed E-state index contributed by atoms with van der Waals surface area (Å²) in [4.78, 5) is 17.4. The second-order valence-electron chi connectivity index (χ2n) is 9.52. The Labute approximate surface area is 245 Å². The molecule has 0 atom stereocenters. The average Bonchev–Trinajstić information content (AvgIpc) is 3.58. The third-order valence-corrected chi connectivity index (χ3v) is 7.26. The molecule has 1 fully saturated rings. The van der Waals surface area contributed by atoms with Crippen molar-refractivity contribution in [2.75, 3.05) is 5.32 Å². The van der Waals surface area contributed by atoms with Crippen LogP contribution in [0.4, 0.5) is 5.82 Å². The highest BCUT2D eigenvalue weighted by atomic mass is 35.5. The number of fused-ring (bicyclic) bond motifs is 2. The van der Waals surface area contributed by atoms with E-state index in [0.717, 1.165) is 22.5 Å². The van der Waals surface area contributed by atoms with Crippen molar-refractivity contribution in [1.82, 2.24) is 19.9 Å². The van der Waals surface area contributed by atoms with Crippen LogP contribution < -0.4 is 5.32 Å². The molecule has 0 unspecified atom stereocenters. The molecular formula is C30H24Cl3N5O2. The number of nitrogens with one attached hydrogen (secondary N) is 1. The zero-order valence-electron chi connectivity index (χ0n) is 21.3. The van der Waals surface area contributed by atoms with Gasteiger partial charge in [0.15, 0.2) is 0 Å². The molecule has 6 aromatic rings. The van der Waals surface area contributed by atoms with Gasteiger partial charge in [-0.15, -0.1) is 0 Å². The van der Waals surface area contributed by atoms with Gasteiger partial charge in [-0.2, -0.15) is 9.97 Å². The van der Waals surface area contributed by atoms with E-state index in [9.17, 15) is 0 Å². The van der Waals surface area contributed by atoms with E-state index in [-0.39, 0.29) is 0 Å². The zero-order valence-corrected chi connectivity index (χ0v) is 23.5. The van der Waals surface area contributed by atoms with Crippen LogP contribution in [-0.4, -0.2) is 26.0 Å². The fourth-order valence-corrected chi connectivity index (χ4v) is 5.16. The first-order chi connectivity index (χ1) is 19.5. The van der Waals surface area contributed by atoms with Gasteiger partial charge in [-0.3, -0.25) is 0 Å². The number of rotatable bonds is 4. The molecule has 4 heterocycles.